The number of carbonyl (C=O) groups excluding carboxylic acids is 2. The number of aryl methyl sites for hydroxylation is 2. The highest BCUT2D eigenvalue weighted by atomic mass is 16.1. The number of ketones is 2. The number of hydrogen-bond donors (Lipinski definition) is 0. The predicted octanol–water partition coefficient (Wildman–Crippen LogP) is 3.56. The topological polar surface area (TPSA) is 59.9 Å². The molecule has 0 fully saturated rings. The van der Waals surface area contributed by atoms with E-state index in [0.717, 1.165) is 0 Å². The Bertz CT molecular complexity index is 826. The van der Waals surface area contributed by atoms with Crippen LogP contribution < -0.4 is 0 Å². The zero-order chi connectivity index (χ0) is 17.1. The van der Waals surface area contributed by atoms with Crippen LogP contribution in [-0.4, -0.2) is 21.5 Å². The Morgan fingerprint density at radius 1 is 0.625 bits per heavy atom. The number of carbonyl (C=O) groups is 2. The summed E-state index contributed by atoms with van der Waals surface area (Å²) in [6.45, 7) is 3.40. The SMILES string of the molecule is Cc1nc(C(=O)c2ccccc2)c(C)nc1C(=O)c1ccccc1. The van der Waals surface area contributed by atoms with E-state index in [2.05, 4.69) is 9.97 Å². The highest BCUT2D eigenvalue weighted by Crippen LogP contribution is 2.16. The van der Waals surface area contributed by atoms with Gasteiger partial charge in [0.05, 0.1) is 11.4 Å². The molecular weight excluding hydrogens is 300 g/mol. The van der Waals surface area contributed by atoms with Gasteiger partial charge in [-0.2, -0.15) is 0 Å². The van der Waals surface area contributed by atoms with Crippen LogP contribution in [-0.2, 0) is 0 Å². The maximum atomic E-state index is 12.6. The van der Waals surface area contributed by atoms with Gasteiger partial charge in [-0.25, -0.2) is 9.97 Å². The molecule has 0 aliphatic heterocycles. The van der Waals surface area contributed by atoms with Crippen molar-refractivity contribution in [3.8, 4) is 0 Å². The molecule has 0 N–H and O–H groups in total. The second kappa shape index (κ2) is 6.54. The summed E-state index contributed by atoms with van der Waals surface area (Å²) >= 11 is 0. The lowest BCUT2D eigenvalue weighted by Crippen LogP contribution is -2.15. The van der Waals surface area contributed by atoms with Crippen LogP contribution >= 0.6 is 0 Å². The minimum atomic E-state index is -0.192. The third kappa shape index (κ3) is 2.99. The Balaban J connectivity index is 2.01. The molecule has 0 aliphatic rings. The normalized spacial score (nSPS) is 10.4. The quantitative estimate of drug-likeness (QED) is 0.691. The van der Waals surface area contributed by atoms with E-state index in [1.807, 2.05) is 12.1 Å². The number of nitrogens with zero attached hydrogens (tertiary/aromatic N) is 2. The van der Waals surface area contributed by atoms with E-state index in [0.29, 0.717) is 22.5 Å². The largest absolute Gasteiger partial charge is 0.287 e. The number of aromatic nitrogens is 2. The van der Waals surface area contributed by atoms with Gasteiger partial charge in [-0.15, -0.1) is 0 Å². The van der Waals surface area contributed by atoms with Crippen LogP contribution in [0.25, 0.3) is 0 Å². The van der Waals surface area contributed by atoms with E-state index in [1.165, 1.54) is 0 Å². The molecule has 0 aliphatic carbocycles. The van der Waals surface area contributed by atoms with Gasteiger partial charge >= 0.3 is 0 Å². The first-order chi connectivity index (χ1) is 11.6. The van der Waals surface area contributed by atoms with Crippen molar-refractivity contribution in [3.05, 3.63) is 94.6 Å². The fourth-order valence-corrected chi connectivity index (χ4v) is 2.49. The average molecular weight is 316 g/mol. The van der Waals surface area contributed by atoms with Crippen molar-refractivity contribution in [1.82, 2.24) is 9.97 Å². The van der Waals surface area contributed by atoms with Crippen LogP contribution in [0.3, 0.4) is 0 Å². The molecule has 0 radical (unpaired) electrons. The van der Waals surface area contributed by atoms with Crippen molar-refractivity contribution in [2.24, 2.45) is 0 Å². The van der Waals surface area contributed by atoms with E-state index in [1.54, 1.807) is 62.4 Å². The second-order valence-electron chi connectivity index (χ2n) is 5.48. The fourth-order valence-electron chi connectivity index (χ4n) is 2.49. The van der Waals surface area contributed by atoms with Crippen molar-refractivity contribution in [2.75, 3.05) is 0 Å². The van der Waals surface area contributed by atoms with Crippen LogP contribution in [0.5, 0.6) is 0 Å². The van der Waals surface area contributed by atoms with Gasteiger partial charge in [0.15, 0.2) is 0 Å². The monoisotopic (exact) mass is 316 g/mol. The molecule has 0 spiro atoms. The molecule has 0 bridgehead atoms. The van der Waals surface area contributed by atoms with Crippen molar-refractivity contribution < 1.29 is 9.59 Å². The summed E-state index contributed by atoms with van der Waals surface area (Å²) in [6, 6.07) is 17.9. The van der Waals surface area contributed by atoms with Gasteiger partial charge in [-0.1, -0.05) is 60.7 Å². The third-order valence-electron chi connectivity index (χ3n) is 3.75. The summed E-state index contributed by atoms with van der Waals surface area (Å²) in [7, 11) is 0. The lowest BCUT2D eigenvalue weighted by atomic mass is 10.0. The summed E-state index contributed by atoms with van der Waals surface area (Å²) in [5.41, 5.74) is 2.57. The lowest BCUT2D eigenvalue weighted by Gasteiger charge is -2.09. The predicted molar refractivity (Wildman–Crippen MR) is 91.3 cm³/mol. The van der Waals surface area contributed by atoms with E-state index in [-0.39, 0.29) is 23.0 Å². The molecule has 1 aromatic heterocycles. The summed E-state index contributed by atoms with van der Waals surface area (Å²) in [5.74, 6) is -0.384. The molecule has 24 heavy (non-hydrogen) atoms. The average Bonchev–Trinajstić information content (AvgIpc) is 2.63. The Hall–Kier alpha value is -3.14. The molecule has 0 saturated carbocycles. The Morgan fingerprint density at radius 2 is 0.958 bits per heavy atom. The van der Waals surface area contributed by atoms with Gasteiger partial charge in [0.1, 0.15) is 11.4 Å². The van der Waals surface area contributed by atoms with E-state index < -0.39 is 0 Å². The van der Waals surface area contributed by atoms with Gasteiger partial charge < -0.3 is 0 Å². The smallest absolute Gasteiger partial charge is 0.213 e. The summed E-state index contributed by atoms with van der Waals surface area (Å²) in [5, 5.41) is 0. The van der Waals surface area contributed by atoms with Gasteiger partial charge in [0.25, 0.3) is 0 Å². The number of rotatable bonds is 4. The minimum Gasteiger partial charge on any atom is -0.287 e. The number of benzene rings is 2. The highest BCUT2D eigenvalue weighted by molar-refractivity contribution is 6.10. The standard InChI is InChI=1S/C20H16N2O2/c1-13-17(19(23)15-9-5-3-6-10-15)22-14(2)18(21-13)20(24)16-11-7-4-8-12-16/h3-12H,1-2H3. The molecule has 4 heteroatoms. The Labute approximate surface area is 140 Å². The van der Waals surface area contributed by atoms with E-state index in [9.17, 15) is 9.59 Å². The Kier molecular flexibility index (Phi) is 4.29. The zero-order valence-corrected chi connectivity index (χ0v) is 13.5. The highest BCUT2D eigenvalue weighted by Gasteiger charge is 2.20. The first-order valence-corrected chi connectivity index (χ1v) is 7.62. The maximum Gasteiger partial charge on any atom is 0.213 e. The molecular formula is C20H16N2O2. The fraction of sp³-hybridized carbons (Fsp3) is 0.100. The second-order valence-corrected chi connectivity index (χ2v) is 5.48. The van der Waals surface area contributed by atoms with Crippen molar-refractivity contribution in [2.45, 2.75) is 13.8 Å². The minimum absolute atomic E-state index is 0.192. The van der Waals surface area contributed by atoms with Crippen LogP contribution in [0.1, 0.15) is 43.5 Å². The molecule has 1 heterocycles. The van der Waals surface area contributed by atoms with Gasteiger partial charge in [0.2, 0.25) is 11.6 Å². The number of hydrogen-bond acceptors (Lipinski definition) is 4. The van der Waals surface area contributed by atoms with Gasteiger partial charge in [-0.05, 0) is 13.8 Å². The zero-order valence-electron chi connectivity index (χ0n) is 13.5. The van der Waals surface area contributed by atoms with Crippen LogP contribution in [0.4, 0.5) is 0 Å². The molecule has 3 aromatic rings. The van der Waals surface area contributed by atoms with Crippen molar-refractivity contribution in [3.63, 3.8) is 0 Å². The van der Waals surface area contributed by atoms with Crippen molar-refractivity contribution >= 4 is 11.6 Å². The molecule has 2 aromatic carbocycles. The van der Waals surface area contributed by atoms with Crippen LogP contribution in [0.2, 0.25) is 0 Å². The summed E-state index contributed by atoms with van der Waals surface area (Å²) in [6.07, 6.45) is 0. The van der Waals surface area contributed by atoms with Crippen LogP contribution in [0, 0.1) is 13.8 Å². The Morgan fingerprint density at radius 3 is 1.29 bits per heavy atom. The first kappa shape index (κ1) is 15.7. The first-order valence-electron chi connectivity index (χ1n) is 7.62. The molecule has 0 atom stereocenters. The molecule has 0 amide bonds. The lowest BCUT2D eigenvalue weighted by molar-refractivity contribution is 0.101. The maximum absolute atomic E-state index is 12.6. The van der Waals surface area contributed by atoms with Crippen LogP contribution in [0.15, 0.2) is 60.7 Å². The summed E-state index contributed by atoms with van der Waals surface area (Å²) < 4.78 is 0. The van der Waals surface area contributed by atoms with Gasteiger partial charge in [-0.3, -0.25) is 9.59 Å². The van der Waals surface area contributed by atoms with E-state index >= 15 is 0 Å². The molecule has 0 unspecified atom stereocenters. The molecule has 4 nitrogen and oxygen atoms in total. The molecule has 3 rings (SSSR count). The van der Waals surface area contributed by atoms with Crippen molar-refractivity contribution in [1.29, 1.82) is 0 Å². The van der Waals surface area contributed by atoms with Gasteiger partial charge in [0, 0.05) is 11.1 Å². The molecule has 118 valence electrons. The van der Waals surface area contributed by atoms with E-state index in [4.69, 9.17) is 0 Å². The molecule has 0 saturated heterocycles. The summed E-state index contributed by atoms with van der Waals surface area (Å²) in [4.78, 5) is 33.9. The third-order valence-corrected chi connectivity index (χ3v) is 3.75.